The van der Waals surface area contributed by atoms with Gasteiger partial charge in [-0.25, -0.2) is 8.78 Å². The third kappa shape index (κ3) is 2.77. The first-order valence-corrected chi connectivity index (χ1v) is 6.06. The molecule has 0 aromatic heterocycles. The monoisotopic (exact) mass is 276 g/mol. The lowest BCUT2D eigenvalue weighted by Crippen LogP contribution is -2.13. The summed E-state index contributed by atoms with van der Waals surface area (Å²) >= 11 is 0. The minimum Gasteiger partial charge on any atom is -0.388 e. The Hall–Kier alpha value is -2.43. The van der Waals surface area contributed by atoms with Crippen LogP contribution in [0.15, 0.2) is 36.4 Å². The van der Waals surface area contributed by atoms with E-state index in [1.807, 2.05) is 6.92 Å². The van der Waals surface area contributed by atoms with Crippen molar-refractivity contribution >= 4 is 17.3 Å². The topological polar surface area (TPSA) is 41.1 Å². The molecule has 0 atom stereocenters. The van der Waals surface area contributed by atoms with E-state index in [-0.39, 0.29) is 5.69 Å². The van der Waals surface area contributed by atoms with Crippen molar-refractivity contribution in [2.45, 2.75) is 6.92 Å². The minimum absolute atomic E-state index is 0.176. The molecule has 0 aliphatic rings. The second kappa shape index (κ2) is 5.69. The predicted octanol–water partition coefficient (Wildman–Crippen LogP) is 3.57. The summed E-state index contributed by atoms with van der Waals surface area (Å²) in [6.45, 7) is 1.85. The van der Waals surface area contributed by atoms with Gasteiger partial charge in [-0.15, -0.1) is 0 Å². The zero-order valence-corrected chi connectivity index (χ0v) is 11.1. The maximum Gasteiger partial charge on any atom is 0.255 e. The number of hydrogen-bond donors (Lipinski definition) is 2. The van der Waals surface area contributed by atoms with Crippen LogP contribution in [0.25, 0.3) is 0 Å². The highest BCUT2D eigenvalue weighted by atomic mass is 19.2. The van der Waals surface area contributed by atoms with Gasteiger partial charge in [0.2, 0.25) is 0 Å². The molecule has 0 saturated heterocycles. The number of carbonyl (C=O) groups excluding carboxylic acids is 1. The largest absolute Gasteiger partial charge is 0.388 e. The molecule has 2 rings (SSSR count). The second-order valence-electron chi connectivity index (χ2n) is 4.34. The first-order chi connectivity index (χ1) is 9.52. The molecule has 2 aromatic carbocycles. The molecule has 0 bridgehead atoms. The zero-order chi connectivity index (χ0) is 14.7. The Labute approximate surface area is 115 Å². The third-order valence-corrected chi connectivity index (χ3v) is 2.96. The Bertz CT molecular complexity index is 656. The van der Waals surface area contributed by atoms with E-state index < -0.39 is 17.5 Å². The smallest absolute Gasteiger partial charge is 0.255 e. The number of hydrogen-bond acceptors (Lipinski definition) is 2. The zero-order valence-electron chi connectivity index (χ0n) is 11.1. The fourth-order valence-corrected chi connectivity index (χ4v) is 1.88. The van der Waals surface area contributed by atoms with Crippen LogP contribution in [0.4, 0.5) is 20.2 Å². The van der Waals surface area contributed by atoms with Gasteiger partial charge in [0, 0.05) is 18.3 Å². The van der Waals surface area contributed by atoms with Crippen molar-refractivity contribution < 1.29 is 13.6 Å². The molecule has 2 N–H and O–H groups in total. The molecule has 5 heteroatoms. The summed E-state index contributed by atoms with van der Waals surface area (Å²) in [4.78, 5) is 12.0. The Kier molecular flexibility index (Phi) is 3.98. The summed E-state index contributed by atoms with van der Waals surface area (Å²) in [6, 6.07) is 8.70. The molecule has 0 saturated carbocycles. The molecular weight excluding hydrogens is 262 g/mol. The van der Waals surface area contributed by atoms with E-state index >= 15 is 0 Å². The van der Waals surface area contributed by atoms with Gasteiger partial charge in [0.1, 0.15) is 0 Å². The number of halogens is 2. The molecule has 2 aromatic rings. The van der Waals surface area contributed by atoms with E-state index in [2.05, 4.69) is 10.6 Å². The molecule has 3 nitrogen and oxygen atoms in total. The summed E-state index contributed by atoms with van der Waals surface area (Å²) < 4.78 is 26.5. The van der Waals surface area contributed by atoms with E-state index in [9.17, 15) is 13.6 Å². The van der Waals surface area contributed by atoms with Crippen LogP contribution in [-0.4, -0.2) is 13.0 Å². The maximum absolute atomic E-state index is 13.5. The highest BCUT2D eigenvalue weighted by Gasteiger charge is 2.12. The Morgan fingerprint density at radius 2 is 1.85 bits per heavy atom. The molecule has 20 heavy (non-hydrogen) atoms. The second-order valence-corrected chi connectivity index (χ2v) is 4.34. The van der Waals surface area contributed by atoms with E-state index in [4.69, 9.17) is 0 Å². The quantitative estimate of drug-likeness (QED) is 0.899. The van der Waals surface area contributed by atoms with Gasteiger partial charge < -0.3 is 10.6 Å². The molecule has 104 valence electrons. The van der Waals surface area contributed by atoms with Crippen molar-refractivity contribution in [3.8, 4) is 0 Å². The fraction of sp³-hybridized carbons (Fsp3) is 0.133. The van der Waals surface area contributed by atoms with Gasteiger partial charge in [0.05, 0.1) is 5.69 Å². The number of carbonyl (C=O) groups is 1. The van der Waals surface area contributed by atoms with Crippen molar-refractivity contribution in [3.05, 3.63) is 59.2 Å². The van der Waals surface area contributed by atoms with Crippen molar-refractivity contribution in [1.82, 2.24) is 0 Å². The number of aryl methyl sites for hydroxylation is 1. The molecule has 0 heterocycles. The molecule has 0 unspecified atom stereocenters. The molecular formula is C15H14F2N2O. The summed E-state index contributed by atoms with van der Waals surface area (Å²) in [6.07, 6.45) is 0. The summed E-state index contributed by atoms with van der Waals surface area (Å²) in [5.41, 5.74) is 1.99. The van der Waals surface area contributed by atoms with E-state index in [1.54, 1.807) is 25.2 Å². The lowest BCUT2D eigenvalue weighted by molar-refractivity contribution is 0.102. The van der Waals surface area contributed by atoms with E-state index in [0.29, 0.717) is 5.56 Å². The van der Waals surface area contributed by atoms with Crippen molar-refractivity contribution in [1.29, 1.82) is 0 Å². The highest BCUT2D eigenvalue weighted by Crippen LogP contribution is 2.19. The average molecular weight is 276 g/mol. The van der Waals surface area contributed by atoms with Crippen LogP contribution in [0.5, 0.6) is 0 Å². The lowest BCUT2D eigenvalue weighted by Gasteiger charge is -2.09. The summed E-state index contributed by atoms with van der Waals surface area (Å²) in [5, 5.41) is 5.34. The summed E-state index contributed by atoms with van der Waals surface area (Å²) in [5.74, 6) is -2.55. The normalized spacial score (nSPS) is 10.2. The predicted molar refractivity (Wildman–Crippen MR) is 75.0 cm³/mol. The van der Waals surface area contributed by atoms with Crippen LogP contribution in [0, 0.1) is 18.6 Å². The van der Waals surface area contributed by atoms with Gasteiger partial charge in [-0.3, -0.25) is 4.79 Å². The fourth-order valence-electron chi connectivity index (χ4n) is 1.88. The Morgan fingerprint density at radius 3 is 2.50 bits per heavy atom. The Balaban J connectivity index is 2.24. The molecule has 0 fully saturated rings. The number of amides is 1. The molecule has 1 amide bonds. The van der Waals surface area contributed by atoms with Gasteiger partial charge in [-0.2, -0.15) is 0 Å². The molecule has 0 spiro atoms. The van der Waals surface area contributed by atoms with Crippen LogP contribution in [0.1, 0.15) is 15.9 Å². The van der Waals surface area contributed by atoms with Gasteiger partial charge >= 0.3 is 0 Å². The van der Waals surface area contributed by atoms with Crippen LogP contribution in [-0.2, 0) is 0 Å². The van der Waals surface area contributed by atoms with Crippen LogP contribution < -0.4 is 10.6 Å². The standard InChI is InChI=1S/C15H14F2N2O/c1-9-8-10(6-7-12(9)18-2)15(20)19-13-5-3-4-11(16)14(13)17/h3-8,18H,1-2H3,(H,19,20). The number of benzene rings is 2. The molecule has 0 aliphatic carbocycles. The number of nitrogens with one attached hydrogen (secondary N) is 2. The molecule has 0 aliphatic heterocycles. The minimum atomic E-state index is -1.07. The first kappa shape index (κ1) is 14.0. The number of anilines is 2. The van der Waals surface area contributed by atoms with Crippen LogP contribution in [0.2, 0.25) is 0 Å². The van der Waals surface area contributed by atoms with E-state index in [1.165, 1.54) is 12.1 Å². The van der Waals surface area contributed by atoms with Gasteiger partial charge in [0.25, 0.3) is 5.91 Å². The SMILES string of the molecule is CNc1ccc(C(=O)Nc2cccc(F)c2F)cc1C. The highest BCUT2D eigenvalue weighted by molar-refractivity contribution is 6.04. The van der Waals surface area contributed by atoms with Gasteiger partial charge in [-0.1, -0.05) is 6.07 Å². The average Bonchev–Trinajstić information content (AvgIpc) is 2.43. The van der Waals surface area contributed by atoms with E-state index in [0.717, 1.165) is 17.3 Å². The van der Waals surface area contributed by atoms with Crippen molar-refractivity contribution in [2.75, 3.05) is 17.7 Å². The summed E-state index contributed by atoms with van der Waals surface area (Å²) in [7, 11) is 1.78. The maximum atomic E-state index is 13.5. The molecule has 0 radical (unpaired) electrons. The first-order valence-electron chi connectivity index (χ1n) is 6.06. The number of rotatable bonds is 3. The van der Waals surface area contributed by atoms with Crippen LogP contribution >= 0.6 is 0 Å². The van der Waals surface area contributed by atoms with Crippen molar-refractivity contribution in [2.24, 2.45) is 0 Å². The third-order valence-electron chi connectivity index (χ3n) is 2.96. The van der Waals surface area contributed by atoms with Crippen molar-refractivity contribution in [3.63, 3.8) is 0 Å². The lowest BCUT2D eigenvalue weighted by atomic mass is 10.1. The Morgan fingerprint density at radius 1 is 1.10 bits per heavy atom. The van der Waals surface area contributed by atoms with Gasteiger partial charge in [-0.05, 0) is 42.8 Å². The van der Waals surface area contributed by atoms with Crippen LogP contribution in [0.3, 0.4) is 0 Å². The van der Waals surface area contributed by atoms with Gasteiger partial charge in [0.15, 0.2) is 11.6 Å².